The van der Waals surface area contributed by atoms with Crippen LogP contribution in [-0.4, -0.2) is 53.7 Å². The number of nitrogens with one attached hydrogen (secondary N) is 1. The number of carbonyl (C=O) groups excluding carboxylic acids is 2. The number of fused-ring (bicyclic) bond motifs is 3. The fourth-order valence-corrected chi connectivity index (χ4v) is 4.31. The van der Waals surface area contributed by atoms with Gasteiger partial charge in [-0.05, 0) is 34.6 Å². The number of ether oxygens (including phenoxy) is 1. The summed E-state index contributed by atoms with van der Waals surface area (Å²) < 4.78 is 5.59. The van der Waals surface area contributed by atoms with Crippen LogP contribution in [0.2, 0.25) is 0 Å². The maximum atomic E-state index is 13.1. The molecule has 0 aromatic heterocycles. The molecule has 1 aliphatic rings. The summed E-state index contributed by atoms with van der Waals surface area (Å²) in [6.07, 6.45) is -0.0959. The van der Waals surface area contributed by atoms with Gasteiger partial charge in [-0.25, -0.2) is 4.79 Å². The average Bonchev–Trinajstić information content (AvgIpc) is 3.12. The molecular weight excluding hydrogens is 420 g/mol. The molecule has 33 heavy (non-hydrogen) atoms. The Morgan fingerprint density at radius 1 is 1.00 bits per heavy atom. The van der Waals surface area contributed by atoms with E-state index in [1.165, 1.54) is 4.90 Å². The Morgan fingerprint density at radius 3 is 2.09 bits per heavy atom. The Morgan fingerprint density at radius 2 is 1.58 bits per heavy atom. The van der Waals surface area contributed by atoms with Gasteiger partial charge >= 0.3 is 12.1 Å². The summed E-state index contributed by atoms with van der Waals surface area (Å²) in [7, 11) is 0. The molecule has 0 radical (unpaired) electrons. The van der Waals surface area contributed by atoms with Gasteiger partial charge in [-0.3, -0.25) is 9.59 Å². The fourth-order valence-electron chi connectivity index (χ4n) is 4.31. The third kappa shape index (κ3) is 5.72. The second-order valence-corrected chi connectivity index (χ2v) is 8.66. The molecule has 1 aliphatic carbocycles. The molecule has 0 saturated heterocycles. The highest BCUT2D eigenvalue weighted by molar-refractivity contribution is 5.86. The number of hydrogen-bond donors (Lipinski definition) is 2. The van der Waals surface area contributed by atoms with E-state index in [-0.39, 0.29) is 37.3 Å². The minimum absolute atomic E-state index is 0.0662. The van der Waals surface area contributed by atoms with E-state index in [1.54, 1.807) is 0 Å². The lowest BCUT2D eigenvalue weighted by Crippen LogP contribution is -2.52. The van der Waals surface area contributed by atoms with Crippen molar-refractivity contribution in [3.63, 3.8) is 0 Å². The lowest BCUT2D eigenvalue weighted by molar-refractivity contribution is -0.139. The number of aliphatic carboxylic acids is 1. The summed E-state index contributed by atoms with van der Waals surface area (Å²) in [4.78, 5) is 38.2. The van der Waals surface area contributed by atoms with E-state index in [2.05, 4.69) is 17.4 Å². The standard InChI is InChI=1S/C26H32N2O5/c1-4-14-28(15-13-23(29)30)25(31)24(17(2)3)27-26(32)33-16-22-20-11-7-5-9-18(20)19-10-6-8-12-21(19)22/h5-12,17,22,24H,4,13-16H2,1-3H3,(H,27,32)(H,29,30). The van der Waals surface area contributed by atoms with Gasteiger partial charge in [0.25, 0.3) is 0 Å². The zero-order valence-electron chi connectivity index (χ0n) is 19.4. The molecule has 0 spiro atoms. The van der Waals surface area contributed by atoms with Crippen molar-refractivity contribution < 1.29 is 24.2 Å². The van der Waals surface area contributed by atoms with Gasteiger partial charge in [0.05, 0.1) is 6.42 Å². The molecule has 1 unspecified atom stereocenters. The van der Waals surface area contributed by atoms with Crippen LogP contribution in [0.3, 0.4) is 0 Å². The summed E-state index contributed by atoms with van der Waals surface area (Å²) >= 11 is 0. The first kappa shape index (κ1) is 24.3. The molecule has 7 heteroatoms. The van der Waals surface area contributed by atoms with Gasteiger partial charge in [0.1, 0.15) is 12.6 Å². The summed E-state index contributed by atoms with van der Waals surface area (Å²) in [5.74, 6) is -1.50. The smallest absolute Gasteiger partial charge is 0.407 e. The fraction of sp³-hybridized carbons (Fsp3) is 0.423. The molecule has 2 aromatic rings. The minimum Gasteiger partial charge on any atom is -0.481 e. The monoisotopic (exact) mass is 452 g/mol. The lowest BCUT2D eigenvalue weighted by atomic mass is 9.98. The number of amides is 2. The van der Waals surface area contributed by atoms with E-state index in [1.807, 2.05) is 57.2 Å². The Balaban J connectivity index is 1.67. The highest BCUT2D eigenvalue weighted by Crippen LogP contribution is 2.44. The van der Waals surface area contributed by atoms with E-state index < -0.39 is 18.1 Å². The van der Waals surface area contributed by atoms with Crippen LogP contribution in [0.4, 0.5) is 4.79 Å². The number of nitrogens with zero attached hydrogens (tertiary/aromatic N) is 1. The molecule has 2 N–H and O–H groups in total. The predicted octanol–water partition coefficient (Wildman–Crippen LogP) is 4.26. The molecule has 0 saturated carbocycles. The maximum Gasteiger partial charge on any atom is 0.407 e. The molecule has 0 heterocycles. The molecule has 7 nitrogen and oxygen atoms in total. The zero-order valence-corrected chi connectivity index (χ0v) is 19.4. The third-order valence-electron chi connectivity index (χ3n) is 5.95. The van der Waals surface area contributed by atoms with Crippen LogP contribution >= 0.6 is 0 Å². The molecular formula is C26H32N2O5. The van der Waals surface area contributed by atoms with Crippen molar-refractivity contribution in [3.8, 4) is 11.1 Å². The van der Waals surface area contributed by atoms with Crippen LogP contribution in [0.15, 0.2) is 48.5 Å². The Bertz CT molecular complexity index is 958. The molecule has 0 fully saturated rings. The van der Waals surface area contributed by atoms with Crippen LogP contribution in [0.25, 0.3) is 11.1 Å². The van der Waals surface area contributed by atoms with E-state index >= 15 is 0 Å². The third-order valence-corrected chi connectivity index (χ3v) is 5.95. The summed E-state index contributed by atoms with van der Waals surface area (Å²) in [6, 6.07) is 15.4. The molecule has 3 rings (SSSR count). The maximum absolute atomic E-state index is 13.1. The topological polar surface area (TPSA) is 95.9 Å². The molecule has 1 atom stereocenters. The number of carboxylic acid groups (broad SMARTS) is 1. The highest BCUT2D eigenvalue weighted by atomic mass is 16.5. The van der Waals surface area contributed by atoms with Gasteiger partial charge in [-0.2, -0.15) is 0 Å². The van der Waals surface area contributed by atoms with Gasteiger partial charge in [-0.1, -0.05) is 69.3 Å². The molecule has 0 bridgehead atoms. The number of hydrogen-bond acceptors (Lipinski definition) is 4. The number of carboxylic acids is 1. The van der Waals surface area contributed by atoms with Gasteiger partial charge in [-0.15, -0.1) is 0 Å². The Hall–Kier alpha value is -3.35. The minimum atomic E-state index is -0.963. The van der Waals surface area contributed by atoms with Crippen LogP contribution < -0.4 is 5.32 Å². The van der Waals surface area contributed by atoms with Crippen molar-refractivity contribution in [1.29, 1.82) is 0 Å². The highest BCUT2D eigenvalue weighted by Gasteiger charge is 2.31. The first-order valence-corrected chi connectivity index (χ1v) is 11.5. The molecule has 0 aliphatic heterocycles. The average molecular weight is 453 g/mol. The van der Waals surface area contributed by atoms with Crippen molar-refractivity contribution in [2.75, 3.05) is 19.7 Å². The van der Waals surface area contributed by atoms with Gasteiger partial charge < -0.3 is 20.1 Å². The van der Waals surface area contributed by atoms with Crippen molar-refractivity contribution in [1.82, 2.24) is 10.2 Å². The van der Waals surface area contributed by atoms with Gasteiger partial charge in [0, 0.05) is 19.0 Å². The van der Waals surface area contributed by atoms with Crippen molar-refractivity contribution in [2.45, 2.75) is 45.6 Å². The SMILES string of the molecule is CCCN(CCC(=O)O)C(=O)C(NC(=O)OCC1c2ccccc2-c2ccccc21)C(C)C. The summed E-state index contributed by atoms with van der Waals surface area (Å²) in [6.45, 7) is 6.31. The normalized spacial score (nSPS) is 13.2. The summed E-state index contributed by atoms with van der Waals surface area (Å²) in [5, 5.41) is 11.7. The number of carbonyl (C=O) groups is 3. The van der Waals surface area contributed by atoms with Crippen LogP contribution in [0.5, 0.6) is 0 Å². The van der Waals surface area contributed by atoms with Gasteiger partial charge in [0.15, 0.2) is 0 Å². The Labute approximate surface area is 194 Å². The quantitative estimate of drug-likeness (QED) is 0.561. The largest absolute Gasteiger partial charge is 0.481 e. The lowest BCUT2D eigenvalue weighted by Gasteiger charge is -2.29. The molecule has 176 valence electrons. The summed E-state index contributed by atoms with van der Waals surface area (Å²) in [5.41, 5.74) is 4.52. The van der Waals surface area contributed by atoms with Crippen molar-refractivity contribution in [2.24, 2.45) is 5.92 Å². The predicted molar refractivity (Wildman–Crippen MR) is 126 cm³/mol. The van der Waals surface area contributed by atoms with E-state index in [0.29, 0.717) is 13.0 Å². The number of rotatable bonds is 10. The van der Waals surface area contributed by atoms with Crippen molar-refractivity contribution in [3.05, 3.63) is 59.7 Å². The van der Waals surface area contributed by atoms with Crippen LogP contribution in [0.1, 0.15) is 50.7 Å². The van der Waals surface area contributed by atoms with E-state index in [9.17, 15) is 14.4 Å². The van der Waals surface area contributed by atoms with Gasteiger partial charge in [0.2, 0.25) is 5.91 Å². The van der Waals surface area contributed by atoms with Crippen LogP contribution in [0, 0.1) is 5.92 Å². The Kier molecular flexibility index (Phi) is 8.09. The number of benzene rings is 2. The number of alkyl carbamates (subject to hydrolysis) is 1. The van der Waals surface area contributed by atoms with Crippen LogP contribution in [-0.2, 0) is 14.3 Å². The molecule has 2 amide bonds. The van der Waals surface area contributed by atoms with E-state index in [4.69, 9.17) is 9.84 Å². The second-order valence-electron chi connectivity index (χ2n) is 8.66. The molecule has 2 aromatic carbocycles. The first-order valence-electron chi connectivity index (χ1n) is 11.5. The van der Waals surface area contributed by atoms with E-state index in [0.717, 1.165) is 22.3 Å². The second kappa shape index (κ2) is 11.0. The first-order chi connectivity index (χ1) is 15.8. The zero-order chi connectivity index (χ0) is 24.0. The van der Waals surface area contributed by atoms with Crippen molar-refractivity contribution >= 4 is 18.0 Å².